The normalized spacial score (nSPS) is 16.1. The number of aldehydes is 1. The van der Waals surface area contributed by atoms with E-state index in [1.807, 2.05) is 6.07 Å². The molecule has 164 valence electrons. The van der Waals surface area contributed by atoms with E-state index in [4.69, 9.17) is 9.47 Å². The van der Waals surface area contributed by atoms with E-state index in [-0.39, 0.29) is 28.6 Å². The molecule has 4 rings (SSSR count). The molecule has 1 spiro atoms. The number of nitrogens with zero attached hydrogens (tertiary/aromatic N) is 1. The van der Waals surface area contributed by atoms with Crippen molar-refractivity contribution in [1.82, 2.24) is 4.57 Å². The van der Waals surface area contributed by atoms with Crippen molar-refractivity contribution in [1.29, 1.82) is 0 Å². The molecular weight excluding hydrogens is 394 g/mol. The summed E-state index contributed by atoms with van der Waals surface area (Å²) in [5.41, 5.74) is 2.60. The minimum absolute atomic E-state index is 0.0331. The number of aromatic nitrogens is 1. The lowest BCUT2D eigenvalue weighted by Gasteiger charge is -2.48. The van der Waals surface area contributed by atoms with Crippen molar-refractivity contribution in [2.45, 2.75) is 58.9 Å². The number of carbonyl (C=O) groups excluding carboxylic acids is 2. The Labute approximate surface area is 182 Å². The Morgan fingerprint density at radius 2 is 1.97 bits per heavy atom. The van der Waals surface area contributed by atoms with Gasteiger partial charge in [0.25, 0.3) is 0 Å². The predicted octanol–water partition coefficient (Wildman–Crippen LogP) is 4.36. The van der Waals surface area contributed by atoms with E-state index in [0.29, 0.717) is 17.9 Å². The topological polar surface area (TPSA) is 74.6 Å². The molecule has 2 aromatic rings. The fraction of sp³-hybridized carbons (Fsp3) is 0.480. The second-order valence-electron chi connectivity index (χ2n) is 9.80. The summed E-state index contributed by atoms with van der Waals surface area (Å²) < 4.78 is 13.2. The molecule has 0 N–H and O–H groups in total. The van der Waals surface area contributed by atoms with Crippen molar-refractivity contribution in [3.8, 4) is 17.0 Å². The highest BCUT2D eigenvalue weighted by Crippen LogP contribution is 2.49. The highest BCUT2D eigenvalue weighted by Gasteiger charge is 2.43. The quantitative estimate of drug-likeness (QED) is 0.528. The number of benzene rings is 1. The maximum absolute atomic E-state index is 12.8. The number of rotatable bonds is 5. The van der Waals surface area contributed by atoms with E-state index in [2.05, 4.69) is 25.3 Å². The highest BCUT2D eigenvalue weighted by molar-refractivity contribution is 5.90. The maximum Gasteiger partial charge on any atom is 0.343 e. The van der Waals surface area contributed by atoms with Crippen LogP contribution in [0.4, 0.5) is 0 Å². The summed E-state index contributed by atoms with van der Waals surface area (Å²) in [6.07, 6.45) is 6.25. The Morgan fingerprint density at radius 3 is 2.55 bits per heavy atom. The molecule has 0 radical (unpaired) electrons. The van der Waals surface area contributed by atoms with Crippen molar-refractivity contribution >= 4 is 12.3 Å². The zero-order valence-corrected chi connectivity index (χ0v) is 18.6. The van der Waals surface area contributed by atoms with E-state index in [1.165, 1.54) is 6.07 Å². The van der Waals surface area contributed by atoms with Crippen LogP contribution < -0.4 is 10.2 Å². The summed E-state index contributed by atoms with van der Waals surface area (Å²) in [7, 11) is 0. The minimum atomic E-state index is -0.595. The van der Waals surface area contributed by atoms with Gasteiger partial charge in [-0.15, -0.1) is 0 Å². The molecule has 1 aromatic heterocycles. The van der Waals surface area contributed by atoms with Crippen LogP contribution in [0.1, 0.15) is 73.2 Å². The van der Waals surface area contributed by atoms with Crippen LogP contribution in [-0.2, 0) is 16.7 Å². The second kappa shape index (κ2) is 7.66. The van der Waals surface area contributed by atoms with Crippen molar-refractivity contribution in [2.24, 2.45) is 5.41 Å². The first-order valence-electron chi connectivity index (χ1n) is 10.9. The van der Waals surface area contributed by atoms with Gasteiger partial charge in [0.15, 0.2) is 11.7 Å². The van der Waals surface area contributed by atoms with Crippen molar-refractivity contribution < 1.29 is 19.1 Å². The monoisotopic (exact) mass is 423 g/mol. The molecule has 6 nitrogen and oxygen atoms in total. The lowest BCUT2D eigenvalue weighted by Crippen LogP contribution is -2.46. The second-order valence-corrected chi connectivity index (χ2v) is 9.80. The van der Waals surface area contributed by atoms with Gasteiger partial charge in [-0.3, -0.25) is 9.59 Å². The van der Waals surface area contributed by atoms with E-state index in [1.54, 1.807) is 19.2 Å². The first-order chi connectivity index (χ1) is 14.7. The van der Waals surface area contributed by atoms with E-state index in [9.17, 15) is 14.4 Å². The van der Waals surface area contributed by atoms with Gasteiger partial charge in [-0.1, -0.05) is 20.8 Å². The first kappa shape index (κ1) is 21.3. The number of hydrogen-bond donors (Lipinski definition) is 0. The Bertz CT molecular complexity index is 1100. The molecule has 1 aliphatic heterocycles. The van der Waals surface area contributed by atoms with Crippen LogP contribution in [0, 0.1) is 5.41 Å². The van der Waals surface area contributed by atoms with Gasteiger partial charge in [0.05, 0.1) is 24.5 Å². The summed E-state index contributed by atoms with van der Waals surface area (Å²) in [4.78, 5) is 36.9. The predicted molar refractivity (Wildman–Crippen MR) is 118 cm³/mol. The van der Waals surface area contributed by atoms with Gasteiger partial charge in [0.2, 0.25) is 0 Å². The van der Waals surface area contributed by atoms with Gasteiger partial charge in [-0.2, -0.15) is 0 Å². The summed E-state index contributed by atoms with van der Waals surface area (Å²) >= 11 is 0. The largest absolute Gasteiger partial charge is 0.492 e. The standard InChI is InChI=1S/C25H29NO5/c1-5-30-23(29)19-13-26-20(11-21(19)28)18-9-17(14-27)22(31-15-24(2,3)4)10-16(18)12-25(26)7-6-8-25/h9-11,13-14H,5-8,12,15H2,1-4H3. The van der Waals surface area contributed by atoms with E-state index >= 15 is 0 Å². The summed E-state index contributed by atoms with van der Waals surface area (Å²) in [5.74, 6) is -0.0142. The van der Waals surface area contributed by atoms with Gasteiger partial charge >= 0.3 is 5.97 Å². The average Bonchev–Trinajstić information content (AvgIpc) is 2.68. The third-order valence-electron chi connectivity index (χ3n) is 6.16. The number of esters is 1. The molecule has 2 aliphatic rings. The Balaban J connectivity index is 1.85. The Kier molecular flexibility index (Phi) is 5.28. The molecule has 2 heterocycles. The summed E-state index contributed by atoms with van der Waals surface area (Å²) in [5, 5.41) is 0. The molecule has 1 saturated carbocycles. The molecule has 1 fully saturated rings. The van der Waals surface area contributed by atoms with Crippen LogP contribution in [0.2, 0.25) is 0 Å². The molecule has 31 heavy (non-hydrogen) atoms. The number of hydrogen-bond acceptors (Lipinski definition) is 5. The lowest BCUT2D eigenvalue weighted by atomic mass is 9.69. The maximum atomic E-state index is 12.8. The smallest absolute Gasteiger partial charge is 0.343 e. The molecule has 1 aliphatic carbocycles. The van der Waals surface area contributed by atoms with Crippen LogP contribution in [0.5, 0.6) is 5.75 Å². The van der Waals surface area contributed by atoms with Crippen LogP contribution in [-0.4, -0.2) is 30.0 Å². The first-order valence-corrected chi connectivity index (χ1v) is 10.9. The van der Waals surface area contributed by atoms with Gasteiger partial charge in [0, 0.05) is 23.4 Å². The van der Waals surface area contributed by atoms with Crippen molar-refractivity contribution in [3.63, 3.8) is 0 Å². The highest BCUT2D eigenvalue weighted by atomic mass is 16.5. The van der Waals surface area contributed by atoms with Crippen molar-refractivity contribution in [3.05, 3.63) is 51.3 Å². The summed E-state index contributed by atoms with van der Waals surface area (Å²) in [6, 6.07) is 5.27. The Morgan fingerprint density at radius 1 is 1.23 bits per heavy atom. The molecule has 0 saturated heterocycles. The fourth-order valence-corrected chi connectivity index (χ4v) is 4.47. The van der Waals surface area contributed by atoms with E-state index in [0.717, 1.165) is 48.8 Å². The third-order valence-corrected chi connectivity index (χ3v) is 6.16. The molecule has 0 amide bonds. The number of fused-ring (bicyclic) bond motifs is 4. The number of carbonyl (C=O) groups is 2. The van der Waals surface area contributed by atoms with E-state index < -0.39 is 5.97 Å². The molecule has 1 aromatic carbocycles. The molecule has 6 heteroatoms. The van der Waals surface area contributed by atoms with Gasteiger partial charge in [-0.25, -0.2) is 4.79 Å². The van der Waals surface area contributed by atoms with Crippen LogP contribution in [0.25, 0.3) is 11.3 Å². The average molecular weight is 424 g/mol. The summed E-state index contributed by atoms with van der Waals surface area (Å²) in [6.45, 7) is 8.68. The van der Waals surface area contributed by atoms with Crippen LogP contribution in [0.3, 0.4) is 0 Å². The number of ether oxygens (including phenoxy) is 2. The minimum Gasteiger partial charge on any atom is -0.492 e. The molecule has 0 atom stereocenters. The van der Waals surface area contributed by atoms with Gasteiger partial charge in [0.1, 0.15) is 11.3 Å². The molecule has 0 unspecified atom stereocenters. The fourth-order valence-electron chi connectivity index (χ4n) is 4.47. The van der Waals surface area contributed by atoms with Crippen molar-refractivity contribution in [2.75, 3.05) is 13.2 Å². The zero-order valence-electron chi connectivity index (χ0n) is 18.6. The molecular formula is C25H29NO5. The Hall–Kier alpha value is -2.89. The molecule has 0 bridgehead atoms. The SMILES string of the molecule is CCOC(=O)c1cn2c(cc1=O)-c1cc(C=O)c(OCC(C)(C)C)cc1CC21CCC1. The lowest BCUT2D eigenvalue weighted by molar-refractivity contribution is 0.0521. The van der Waals surface area contributed by atoms with Crippen LogP contribution in [0.15, 0.2) is 29.2 Å². The van der Waals surface area contributed by atoms with Gasteiger partial charge in [-0.05, 0) is 55.7 Å². The zero-order chi connectivity index (χ0) is 22.4. The number of pyridine rings is 1. The van der Waals surface area contributed by atoms with Gasteiger partial charge < -0.3 is 14.0 Å². The van der Waals surface area contributed by atoms with Crippen LogP contribution >= 0.6 is 0 Å². The third kappa shape index (κ3) is 3.80.